The predicted molar refractivity (Wildman–Crippen MR) is 83.6 cm³/mol. The van der Waals surface area contributed by atoms with Gasteiger partial charge in [0.25, 0.3) is 5.91 Å². The van der Waals surface area contributed by atoms with E-state index in [1.54, 1.807) is 0 Å². The largest absolute Gasteiger partial charge is 0.454 e. The predicted octanol–water partition coefficient (Wildman–Crippen LogP) is 4.58. The second-order valence-electron chi connectivity index (χ2n) is 4.67. The van der Waals surface area contributed by atoms with E-state index in [1.807, 2.05) is 0 Å². The van der Waals surface area contributed by atoms with Crippen molar-refractivity contribution in [3.05, 3.63) is 45.9 Å². The van der Waals surface area contributed by atoms with Gasteiger partial charge in [-0.2, -0.15) is 8.78 Å². The number of nitrogens with one attached hydrogen (secondary N) is 1. The molecular formula is C15H9Cl2F2NO4. The van der Waals surface area contributed by atoms with Crippen LogP contribution in [0.25, 0.3) is 0 Å². The number of carbonyl (C=O) groups excluding carboxylic acids is 1. The number of anilines is 1. The SMILES string of the molecule is O=C(Nc1ccc(OC(F)F)c(Cl)c1)c1cc(Cl)c2c(c1)OCO2. The van der Waals surface area contributed by atoms with Crippen LogP contribution in [0.2, 0.25) is 10.0 Å². The fraction of sp³-hybridized carbons (Fsp3) is 0.133. The number of amides is 1. The van der Waals surface area contributed by atoms with Gasteiger partial charge < -0.3 is 19.5 Å². The molecule has 9 heteroatoms. The van der Waals surface area contributed by atoms with Crippen molar-refractivity contribution >= 4 is 34.8 Å². The summed E-state index contributed by atoms with van der Waals surface area (Å²) in [6, 6.07) is 6.83. The minimum Gasteiger partial charge on any atom is -0.454 e. The number of hydrogen-bond acceptors (Lipinski definition) is 4. The smallest absolute Gasteiger partial charge is 0.387 e. The first-order valence-corrected chi connectivity index (χ1v) is 7.34. The van der Waals surface area contributed by atoms with Crippen molar-refractivity contribution in [2.75, 3.05) is 12.1 Å². The molecule has 1 amide bonds. The Morgan fingerprint density at radius 1 is 1.17 bits per heavy atom. The van der Waals surface area contributed by atoms with Crippen LogP contribution in [-0.4, -0.2) is 19.3 Å². The molecule has 0 aromatic heterocycles. The van der Waals surface area contributed by atoms with Gasteiger partial charge in [0.15, 0.2) is 11.5 Å². The summed E-state index contributed by atoms with van der Waals surface area (Å²) >= 11 is 11.9. The molecule has 0 radical (unpaired) electrons. The third kappa shape index (κ3) is 3.47. The third-order valence-corrected chi connectivity index (χ3v) is 3.67. The van der Waals surface area contributed by atoms with Crippen LogP contribution in [0.3, 0.4) is 0 Å². The van der Waals surface area contributed by atoms with Gasteiger partial charge >= 0.3 is 6.61 Å². The minimum absolute atomic E-state index is 0.0291. The lowest BCUT2D eigenvalue weighted by atomic mass is 10.2. The summed E-state index contributed by atoms with van der Waals surface area (Å²) in [6.07, 6.45) is 0. The second kappa shape index (κ2) is 6.70. The van der Waals surface area contributed by atoms with Crippen molar-refractivity contribution in [1.29, 1.82) is 0 Å². The van der Waals surface area contributed by atoms with Crippen molar-refractivity contribution in [3.63, 3.8) is 0 Å². The van der Waals surface area contributed by atoms with Crippen LogP contribution in [0, 0.1) is 0 Å². The van der Waals surface area contributed by atoms with Crippen molar-refractivity contribution < 1.29 is 27.8 Å². The van der Waals surface area contributed by atoms with Crippen LogP contribution >= 0.6 is 23.2 Å². The summed E-state index contributed by atoms with van der Waals surface area (Å²) in [5.74, 6) is 0.0840. The van der Waals surface area contributed by atoms with Gasteiger partial charge in [-0.3, -0.25) is 4.79 Å². The molecule has 0 saturated heterocycles. The van der Waals surface area contributed by atoms with Crippen molar-refractivity contribution in [2.24, 2.45) is 0 Å². The molecule has 1 aliphatic rings. The summed E-state index contributed by atoms with van der Waals surface area (Å²) in [7, 11) is 0. The topological polar surface area (TPSA) is 56.8 Å². The van der Waals surface area contributed by atoms with Crippen molar-refractivity contribution in [1.82, 2.24) is 0 Å². The number of rotatable bonds is 4. The average Bonchev–Trinajstić information content (AvgIpc) is 2.98. The van der Waals surface area contributed by atoms with Gasteiger partial charge in [0.05, 0.1) is 10.0 Å². The van der Waals surface area contributed by atoms with E-state index in [-0.39, 0.29) is 28.2 Å². The van der Waals surface area contributed by atoms with Crippen molar-refractivity contribution in [3.8, 4) is 17.2 Å². The van der Waals surface area contributed by atoms with Crippen LogP contribution in [0.15, 0.2) is 30.3 Å². The van der Waals surface area contributed by atoms with E-state index in [0.29, 0.717) is 17.2 Å². The first-order valence-electron chi connectivity index (χ1n) is 6.59. The summed E-state index contributed by atoms with van der Waals surface area (Å²) in [6.45, 7) is -2.96. The summed E-state index contributed by atoms with van der Waals surface area (Å²) < 4.78 is 39.0. The molecule has 0 saturated carbocycles. The molecule has 2 aromatic rings. The molecule has 126 valence electrons. The van der Waals surface area contributed by atoms with E-state index >= 15 is 0 Å². The molecule has 5 nitrogen and oxygen atoms in total. The molecule has 2 aromatic carbocycles. The lowest BCUT2D eigenvalue weighted by molar-refractivity contribution is -0.0497. The van der Waals surface area contributed by atoms with E-state index in [0.717, 1.165) is 0 Å². The highest BCUT2D eigenvalue weighted by molar-refractivity contribution is 6.33. The number of fused-ring (bicyclic) bond motifs is 1. The second-order valence-corrected chi connectivity index (χ2v) is 5.48. The molecule has 0 unspecified atom stereocenters. The number of benzene rings is 2. The normalized spacial score (nSPS) is 12.4. The average molecular weight is 376 g/mol. The van der Waals surface area contributed by atoms with Gasteiger partial charge in [-0.1, -0.05) is 23.2 Å². The highest BCUT2D eigenvalue weighted by Gasteiger charge is 2.21. The monoisotopic (exact) mass is 375 g/mol. The lowest BCUT2D eigenvalue weighted by Gasteiger charge is -2.10. The van der Waals surface area contributed by atoms with E-state index in [9.17, 15) is 13.6 Å². The van der Waals surface area contributed by atoms with Crippen LogP contribution < -0.4 is 19.5 Å². The molecule has 0 aliphatic carbocycles. The third-order valence-electron chi connectivity index (χ3n) is 3.10. The Balaban J connectivity index is 1.78. The molecule has 3 rings (SSSR count). The molecule has 24 heavy (non-hydrogen) atoms. The number of ether oxygens (including phenoxy) is 3. The number of carbonyl (C=O) groups is 1. The molecule has 1 N–H and O–H groups in total. The van der Waals surface area contributed by atoms with Crippen LogP contribution in [0.5, 0.6) is 17.2 Å². The quantitative estimate of drug-likeness (QED) is 0.849. The highest BCUT2D eigenvalue weighted by atomic mass is 35.5. The summed E-state index contributed by atoms with van der Waals surface area (Å²) in [5, 5.41) is 2.76. The summed E-state index contributed by atoms with van der Waals surface area (Å²) in [4.78, 5) is 12.3. The van der Waals surface area contributed by atoms with Crippen LogP contribution in [0.1, 0.15) is 10.4 Å². The van der Waals surface area contributed by atoms with E-state index in [1.165, 1.54) is 30.3 Å². The van der Waals surface area contributed by atoms with E-state index in [4.69, 9.17) is 32.7 Å². The van der Waals surface area contributed by atoms with Gasteiger partial charge in [0.1, 0.15) is 5.75 Å². The molecule has 0 atom stereocenters. The molecule has 0 fully saturated rings. The zero-order valence-corrected chi connectivity index (χ0v) is 13.3. The Bertz CT molecular complexity index is 801. The van der Waals surface area contributed by atoms with Crippen LogP contribution in [0.4, 0.5) is 14.5 Å². The Kier molecular flexibility index (Phi) is 4.64. The Labute approximate surface area is 145 Å². The number of alkyl halides is 2. The molecular weight excluding hydrogens is 367 g/mol. The number of hydrogen-bond donors (Lipinski definition) is 1. The first kappa shape index (κ1) is 16.6. The molecule has 0 spiro atoms. The lowest BCUT2D eigenvalue weighted by Crippen LogP contribution is -2.12. The van der Waals surface area contributed by atoms with Gasteiger partial charge in [-0.05, 0) is 30.3 Å². The highest BCUT2D eigenvalue weighted by Crippen LogP contribution is 2.40. The van der Waals surface area contributed by atoms with Gasteiger partial charge in [-0.25, -0.2) is 0 Å². The Hall–Kier alpha value is -2.25. The first-order chi connectivity index (χ1) is 11.4. The standard InChI is InChI=1S/C15H9Cl2F2NO4/c16-9-5-8(1-2-11(9)24-15(18)19)20-14(21)7-3-10(17)13-12(4-7)22-6-23-13/h1-5,15H,6H2,(H,20,21). The maximum Gasteiger partial charge on any atom is 0.387 e. The zero-order chi connectivity index (χ0) is 17.3. The van der Waals surface area contributed by atoms with E-state index in [2.05, 4.69) is 10.1 Å². The van der Waals surface area contributed by atoms with Gasteiger partial charge in [0, 0.05) is 11.3 Å². The van der Waals surface area contributed by atoms with E-state index < -0.39 is 12.5 Å². The maximum atomic E-state index is 12.3. The molecule has 1 aliphatic heterocycles. The zero-order valence-electron chi connectivity index (χ0n) is 11.8. The van der Waals surface area contributed by atoms with Gasteiger partial charge in [-0.15, -0.1) is 0 Å². The Morgan fingerprint density at radius 3 is 2.67 bits per heavy atom. The molecule has 1 heterocycles. The minimum atomic E-state index is -2.99. The molecule has 0 bridgehead atoms. The van der Waals surface area contributed by atoms with Crippen LogP contribution in [-0.2, 0) is 0 Å². The van der Waals surface area contributed by atoms with Gasteiger partial charge in [0.2, 0.25) is 6.79 Å². The Morgan fingerprint density at radius 2 is 1.96 bits per heavy atom. The summed E-state index contributed by atoms with van der Waals surface area (Å²) in [5.41, 5.74) is 0.550. The number of halogens is 4. The van der Waals surface area contributed by atoms with Crippen molar-refractivity contribution in [2.45, 2.75) is 6.61 Å². The fourth-order valence-corrected chi connectivity index (χ4v) is 2.56. The fourth-order valence-electron chi connectivity index (χ4n) is 2.07. The maximum absolute atomic E-state index is 12.3.